The van der Waals surface area contributed by atoms with E-state index in [1.165, 1.54) is 19.3 Å². The fourth-order valence-corrected chi connectivity index (χ4v) is 3.62. The molecule has 0 aliphatic heterocycles. The van der Waals surface area contributed by atoms with Crippen LogP contribution in [0.1, 0.15) is 19.3 Å². The zero-order chi connectivity index (χ0) is 7.59. The fourth-order valence-electron chi connectivity index (χ4n) is 3.62. The molecule has 4 fully saturated rings. The van der Waals surface area contributed by atoms with Gasteiger partial charge in [0.25, 0.3) is 0 Å². The highest BCUT2D eigenvalue weighted by Gasteiger charge is 2.53. The predicted molar refractivity (Wildman–Crippen MR) is 46.1 cm³/mol. The van der Waals surface area contributed by atoms with E-state index in [0.29, 0.717) is 0 Å². The summed E-state index contributed by atoms with van der Waals surface area (Å²) in [6.45, 7) is 8.43. The molecule has 4 saturated carbocycles. The minimum absolute atomic E-state index is 0.845. The Balaban J connectivity index is 2.13. The Bertz CT molecular complexity index is 211. The van der Waals surface area contributed by atoms with Crippen molar-refractivity contribution in [3.63, 3.8) is 0 Å². The van der Waals surface area contributed by atoms with E-state index in [1.54, 1.807) is 11.1 Å². The molecule has 4 atom stereocenters. The highest BCUT2D eigenvalue weighted by atomic mass is 14.6. The van der Waals surface area contributed by atoms with E-state index >= 15 is 0 Å². The average molecular weight is 146 g/mol. The topological polar surface area (TPSA) is 0 Å². The highest BCUT2D eigenvalue weighted by Crippen LogP contribution is 2.63. The SMILES string of the molecule is C=C1C2CCC3C(=C)C2CC13. The lowest BCUT2D eigenvalue weighted by atomic mass is 9.66. The molecule has 0 N–H and O–H groups in total. The summed E-state index contributed by atoms with van der Waals surface area (Å²) in [5.74, 6) is 3.40. The monoisotopic (exact) mass is 146 g/mol. The van der Waals surface area contributed by atoms with Gasteiger partial charge in [0.1, 0.15) is 0 Å². The van der Waals surface area contributed by atoms with Gasteiger partial charge in [0.05, 0.1) is 0 Å². The van der Waals surface area contributed by atoms with Crippen LogP contribution < -0.4 is 0 Å². The summed E-state index contributed by atoms with van der Waals surface area (Å²) in [5.41, 5.74) is 3.14. The van der Waals surface area contributed by atoms with Crippen LogP contribution in [0.3, 0.4) is 0 Å². The van der Waals surface area contributed by atoms with Crippen LogP contribution in [0.2, 0.25) is 0 Å². The Morgan fingerprint density at radius 1 is 0.818 bits per heavy atom. The lowest BCUT2D eigenvalue weighted by Crippen LogP contribution is -2.28. The molecule has 58 valence electrons. The lowest BCUT2D eigenvalue weighted by molar-refractivity contribution is 0.301. The van der Waals surface area contributed by atoms with Crippen LogP contribution in [0.4, 0.5) is 0 Å². The molecule has 4 aliphatic rings. The largest absolute Gasteiger partial charge is 0.0993 e. The minimum Gasteiger partial charge on any atom is -0.0993 e. The number of hydrogen-bond donors (Lipinski definition) is 0. The molecule has 0 aromatic carbocycles. The van der Waals surface area contributed by atoms with Gasteiger partial charge >= 0.3 is 0 Å². The second-order valence-corrected chi connectivity index (χ2v) is 4.39. The van der Waals surface area contributed by atoms with Gasteiger partial charge in [-0.15, -0.1) is 0 Å². The molecule has 0 saturated heterocycles. The van der Waals surface area contributed by atoms with Crippen molar-refractivity contribution in [1.29, 1.82) is 0 Å². The molecule has 0 heteroatoms. The molecule has 4 bridgehead atoms. The van der Waals surface area contributed by atoms with Crippen molar-refractivity contribution < 1.29 is 0 Å². The first-order valence-corrected chi connectivity index (χ1v) is 4.66. The predicted octanol–water partition coefficient (Wildman–Crippen LogP) is 2.77. The van der Waals surface area contributed by atoms with E-state index in [9.17, 15) is 0 Å². The van der Waals surface area contributed by atoms with Crippen molar-refractivity contribution >= 4 is 0 Å². The van der Waals surface area contributed by atoms with Crippen molar-refractivity contribution in [2.75, 3.05) is 0 Å². The van der Waals surface area contributed by atoms with E-state index in [0.717, 1.165) is 23.7 Å². The van der Waals surface area contributed by atoms with E-state index in [-0.39, 0.29) is 0 Å². The normalized spacial score (nSPS) is 52.7. The Labute approximate surface area is 68.0 Å². The third-order valence-electron chi connectivity index (χ3n) is 4.17. The molecule has 4 rings (SSSR count). The van der Waals surface area contributed by atoms with Gasteiger partial charge in [-0.25, -0.2) is 0 Å². The summed E-state index contributed by atoms with van der Waals surface area (Å²) < 4.78 is 0. The smallest absolute Gasteiger partial charge is 0.0131 e. The molecule has 11 heavy (non-hydrogen) atoms. The van der Waals surface area contributed by atoms with Gasteiger partial charge in [-0.1, -0.05) is 24.3 Å². The zero-order valence-corrected chi connectivity index (χ0v) is 6.84. The quantitative estimate of drug-likeness (QED) is 0.461. The lowest BCUT2D eigenvalue weighted by Gasteiger charge is -2.38. The van der Waals surface area contributed by atoms with Crippen LogP contribution in [0.5, 0.6) is 0 Å². The van der Waals surface area contributed by atoms with E-state index in [2.05, 4.69) is 13.2 Å². The van der Waals surface area contributed by atoms with Gasteiger partial charge < -0.3 is 0 Å². The van der Waals surface area contributed by atoms with Gasteiger partial charge in [-0.2, -0.15) is 0 Å². The van der Waals surface area contributed by atoms with E-state index in [4.69, 9.17) is 0 Å². The molecular formula is C11H14. The Morgan fingerprint density at radius 2 is 1.27 bits per heavy atom. The summed E-state index contributed by atoms with van der Waals surface area (Å²) in [6.07, 6.45) is 4.21. The van der Waals surface area contributed by atoms with Gasteiger partial charge in [0.2, 0.25) is 0 Å². The molecule has 0 heterocycles. The second kappa shape index (κ2) is 1.63. The van der Waals surface area contributed by atoms with Crippen LogP contribution in [0.25, 0.3) is 0 Å². The first kappa shape index (κ1) is 6.05. The van der Waals surface area contributed by atoms with Crippen molar-refractivity contribution in [1.82, 2.24) is 0 Å². The molecule has 4 aliphatic carbocycles. The Kier molecular flexibility index (Phi) is 0.894. The average Bonchev–Trinajstić information content (AvgIpc) is 2.43. The second-order valence-electron chi connectivity index (χ2n) is 4.39. The summed E-state index contributed by atoms with van der Waals surface area (Å²) >= 11 is 0. The molecule has 4 unspecified atom stereocenters. The Morgan fingerprint density at radius 3 is 1.64 bits per heavy atom. The van der Waals surface area contributed by atoms with E-state index < -0.39 is 0 Å². The molecule has 0 amide bonds. The molecule has 0 radical (unpaired) electrons. The summed E-state index contributed by atoms with van der Waals surface area (Å²) in [6, 6.07) is 0. The maximum absolute atomic E-state index is 4.21. The van der Waals surface area contributed by atoms with Gasteiger partial charge in [0, 0.05) is 0 Å². The van der Waals surface area contributed by atoms with Crippen molar-refractivity contribution in [2.24, 2.45) is 23.7 Å². The minimum atomic E-state index is 0.845. The molecule has 0 nitrogen and oxygen atoms in total. The third-order valence-corrected chi connectivity index (χ3v) is 4.17. The number of allylic oxidation sites excluding steroid dienone is 2. The van der Waals surface area contributed by atoms with Crippen LogP contribution in [0.15, 0.2) is 24.3 Å². The molecule has 0 aromatic heterocycles. The standard InChI is InChI=1S/C11H14/c1-6-8-3-4-9-7(2)11(8)5-10(6)9/h8-11H,1-5H2. The van der Waals surface area contributed by atoms with Gasteiger partial charge in [-0.05, 0) is 42.9 Å². The van der Waals surface area contributed by atoms with Crippen LogP contribution in [0, 0.1) is 23.7 Å². The maximum Gasteiger partial charge on any atom is -0.0131 e. The van der Waals surface area contributed by atoms with Crippen LogP contribution >= 0.6 is 0 Å². The highest BCUT2D eigenvalue weighted by molar-refractivity contribution is 5.35. The van der Waals surface area contributed by atoms with Gasteiger partial charge in [0.15, 0.2) is 0 Å². The first-order chi connectivity index (χ1) is 5.29. The van der Waals surface area contributed by atoms with Crippen LogP contribution in [-0.4, -0.2) is 0 Å². The van der Waals surface area contributed by atoms with Crippen LogP contribution in [-0.2, 0) is 0 Å². The van der Waals surface area contributed by atoms with Gasteiger partial charge in [-0.3, -0.25) is 0 Å². The number of hydrogen-bond acceptors (Lipinski definition) is 0. The molecule has 0 spiro atoms. The maximum atomic E-state index is 4.21. The third kappa shape index (κ3) is 0.503. The number of rotatable bonds is 0. The summed E-state index contributed by atoms with van der Waals surface area (Å²) in [7, 11) is 0. The van der Waals surface area contributed by atoms with Crippen molar-refractivity contribution in [3.8, 4) is 0 Å². The molecular weight excluding hydrogens is 132 g/mol. The first-order valence-electron chi connectivity index (χ1n) is 4.66. The number of fused-ring (bicyclic) bond motifs is 1. The summed E-state index contributed by atoms with van der Waals surface area (Å²) in [5, 5.41) is 0. The Hall–Kier alpha value is -0.520. The summed E-state index contributed by atoms with van der Waals surface area (Å²) in [4.78, 5) is 0. The zero-order valence-electron chi connectivity index (χ0n) is 6.84. The van der Waals surface area contributed by atoms with Crippen molar-refractivity contribution in [3.05, 3.63) is 24.3 Å². The molecule has 0 aromatic rings. The van der Waals surface area contributed by atoms with Crippen molar-refractivity contribution in [2.45, 2.75) is 19.3 Å². The fraction of sp³-hybridized carbons (Fsp3) is 0.636. The van der Waals surface area contributed by atoms with E-state index in [1.807, 2.05) is 0 Å².